The molecule has 0 bridgehead atoms. The predicted molar refractivity (Wildman–Crippen MR) is 52.7 cm³/mol. The molecule has 0 fully saturated rings. The van der Waals surface area contributed by atoms with Crippen LogP contribution in [0.2, 0.25) is 0 Å². The number of amides is 1. The van der Waals surface area contributed by atoms with Crippen LogP contribution in [0, 0.1) is 0 Å². The van der Waals surface area contributed by atoms with Gasteiger partial charge in [-0.25, -0.2) is 0 Å². The fourth-order valence-corrected chi connectivity index (χ4v) is 1.51. The molecule has 0 aliphatic rings. The van der Waals surface area contributed by atoms with Gasteiger partial charge in [0.1, 0.15) is 6.61 Å². The Hall–Kier alpha value is -0.870. The molecular weight excluding hydrogens is 186 g/mol. The van der Waals surface area contributed by atoms with E-state index in [1.165, 1.54) is 0 Å². The van der Waals surface area contributed by atoms with Crippen LogP contribution in [0.15, 0.2) is 16.8 Å². The Morgan fingerprint density at radius 2 is 2.54 bits per heavy atom. The molecule has 0 aliphatic carbocycles. The van der Waals surface area contributed by atoms with Crippen LogP contribution in [0.1, 0.15) is 12.5 Å². The Bertz CT molecular complexity index is 246. The van der Waals surface area contributed by atoms with Crippen LogP contribution >= 0.6 is 11.3 Å². The van der Waals surface area contributed by atoms with E-state index in [9.17, 15) is 4.79 Å². The van der Waals surface area contributed by atoms with Crippen molar-refractivity contribution < 1.29 is 9.53 Å². The number of thiophene rings is 1. The third-order valence-corrected chi connectivity index (χ3v) is 2.24. The van der Waals surface area contributed by atoms with Gasteiger partial charge >= 0.3 is 0 Å². The first-order valence-corrected chi connectivity index (χ1v) is 5.12. The molecule has 0 saturated heterocycles. The minimum atomic E-state index is -0.0620. The summed E-state index contributed by atoms with van der Waals surface area (Å²) in [7, 11) is 0. The average molecular weight is 199 g/mol. The molecule has 13 heavy (non-hydrogen) atoms. The van der Waals surface area contributed by atoms with Crippen molar-refractivity contribution in [1.82, 2.24) is 5.32 Å². The summed E-state index contributed by atoms with van der Waals surface area (Å²) in [5.41, 5.74) is 1.13. The molecule has 1 aromatic heterocycles. The fourth-order valence-electron chi connectivity index (χ4n) is 0.840. The Morgan fingerprint density at radius 3 is 3.15 bits per heavy atom. The third-order valence-electron chi connectivity index (χ3n) is 1.51. The van der Waals surface area contributed by atoms with Crippen molar-refractivity contribution in [3.05, 3.63) is 22.4 Å². The molecule has 1 rings (SSSR count). The average Bonchev–Trinajstić information content (AvgIpc) is 2.64. The summed E-state index contributed by atoms with van der Waals surface area (Å²) >= 11 is 1.63. The van der Waals surface area contributed by atoms with Crippen molar-refractivity contribution in [2.75, 3.05) is 13.2 Å². The first kappa shape index (κ1) is 10.2. The van der Waals surface area contributed by atoms with E-state index in [1.807, 2.05) is 23.8 Å². The lowest BCUT2D eigenvalue weighted by molar-refractivity contribution is -0.125. The zero-order valence-corrected chi connectivity index (χ0v) is 8.39. The highest BCUT2D eigenvalue weighted by Crippen LogP contribution is 2.04. The zero-order chi connectivity index (χ0) is 9.52. The van der Waals surface area contributed by atoms with E-state index in [-0.39, 0.29) is 12.5 Å². The maximum Gasteiger partial charge on any atom is 0.246 e. The molecule has 0 atom stereocenters. The van der Waals surface area contributed by atoms with Crippen molar-refractivity contribution >= 4 is 17.2 Å². The number of hydrogen-bond acceptors (Lipinski definition) is 3. The van der Waals surface area contributed by atoms with Crippen LogP contribution in [-0.2, 0) is 16.1 Å². The lowest BCUT2D eigenvalue weighted by atomic mass is 10.3. The molecular formula is C9H13NO2S. The highest BCUT2D eigenvalue weighted by atomic mass is 32.1. The van der Waals surface area contributed by atoms with Crippen molar-refractivity contribution in [2.24, 2.45) is 0 Å². The van der Waals surface area contributed by atoms with Crippen LogP contribution in [0.25, 0.3) is 0 Å². The third kappa shape index (κ3) is 4.05. The molecule has 4 heteroatoms. The summed E-state index contributed by atoms with van der Waals surface area (Å²) in [6.45, 7) is 3.19. The van der Waals surface area contributed by atoms with Crippen molar-refractivity contribution in [3.8, 4) is 0 Å². The van der Waals surface area contributed by atoms with Gasteiger partial charge in [0, 0.05) is 13.2 Å². The highest BCUT2D eigenvalue weighted by molar-refractivity contribution is 7.07. The van der Waals surface area contributed by atoms with Crippen LogP contribution < -0.4 is 5.32 Å². The predicted octanol–water partition coefficient (Wildman–Crippen LogP) is 1.40. The second-order valence-electron chi connectivity index (χ2n) is 2.55. The Kier molecular flexibility index (Phi) is 4.49. The standard InChI is InChI=1S/C9H13NO2S/c1-2-12-6-9(11)10-5-8-3-4-13-7-8/h3-4,7H,2,5-6H2,1H3,(H,10,11). The van der Waals surface area contributed by atoms with Crippen LogP contribution in [0.3, 0.4) is 0 Å². The number of hydrogen-bond donors (Lipinski definition) is 1. The summed E-state index contributed by atoms with van der Waals surface area (Å²) in [5, 5.41) is 6.77. The fraction of sp³-hybridized carbons (Fsp3) is 0.444. The van der Waals surface area contributed by atoms with Crippen molar-refractivity contribution in [3.63, 3.8) is 0 Å². The first-order chi connectivity index (χ1) is 6.33. The summed E-state index contributed by atoms with van der Waals surface area (Å²) in [6.07, 6.45) is 0. The zero-order valence-electron chi connectivity index (χ0n) is 7.58. The molecule has 72 valence electrons. The van der Waals surface area contributed by atoms with E-state index in [0.717, 1.165) is 5.56 Å². The molecule has 0 radical (unpaired) electrons. The maximum absolute atomic E-state index is 11.1. The van der Waals surface area contributed by atoms with Gasteiger partial charge < -0.3 is 10.1 Å². The Labute approximate surface area is 81.7 Å². The van der Waals surface area contributed by atoms with E-state index >= 15 is 0 Å². The molecule has 1 amide bonds. The van der Waals surface area contributed by atoms with E-state index in [1.54, 1.807) is 11.3 Å². The van der Waals surface area contributed by atoms with E-state index in [0.29, 0.717) is 13.2 Å². The Morgan fingerprint density at radius 1 is 1.69 bits per heavy atom. The smallest absolute Gasteiger partial charge is 0.246 e. The number of ether oxygens (including phenoxy) is 1. The van der Waals surface area contributed by atoms with Crippen molar-refractivity contribution in [1.29, 1.82) is 0 Å². The molecule has 1 heterocycles. The summed E-state index contributed by atoms with van der Waals surface area (Å²) < 4.78 is 4.96. The van der Waals surface area contributed by atoms with Crippen LogP contribution in [0.5, 0.6) is 0 Å². The normalized spacial score (nSPS) is 9.92. The molecule has 0 aromatic carbocycles. The van der Waals surface area contributed by atoms with Crippen molar-refractivity contribution in [2.45, 2.75) is 13.5 Å². The first-order valence-electron chi connectivity index (χ1n) is 4.18. The van der Waals surface area contributed by atoms with Gasteiger partial charge in [0.05, 0.1) is 0 Å². The maximum atomic E-state index is 11.1. The topological polar surface area (TPSA) is 38.3 Å². The molecule has 0 spiro atoms. The van der Waals surface area contributed by atoms with Gasteiger partial charge in [-0.2, -0.15) is 11.3 Å². The van der Waals surface area contributed by atoms with Gasteiger partial charge in [0.25, 0.3) is 0 Å². The summed E-state index contributed by atoms with van der Waals surface area (Å²) in [6, 6.07) is 1.99. The molecule has 1 N–H and O–H groups in total. The highest BCUT2D eigenvalue weighted by Gasteiger charge is 1.99. The number of carbonyl (C=O) groups is 1. The SMILES string of the molecule is CCOCC(=O)NCc1ccsc1. The number of rotatable bonds is 5. The van der Waals surface area contributed by atoms with Gasteiger partial charge in [-0.1, -0.05) is 0 Å². The minimum absolute atomic E-state index is 0.0620. The quantitative estimate of drug-likeness (QED) is 0.778. The van der Waals surface area contributed by atoms with Gasteiger partial charge in [-0.3, -0.25) is 4.79 Å². The van der Waals surface area contributed by atoms with Gasteiger partial charge in [0.15, 0.2) is 0 Å². The molecule has 0 unspecified atom stereocenters. The minimum Gasteiger partial charge on any atom is -0.372 e. The molecule has 1 aromatic rings. The monoisotopic (exact) mass is 199 g/mol. The second kappa shape index (κ2) is 5.72. The van der Waals surface area contributed by atoms with E-state index in [2.05, 4.69) is 5.32 Å². The van der Waals surface area contributed by atoms with E-state index in [4.69, 9.17) is 4.74 Å². The largest absolute Gasteiger partial charge is 0.372 e. The molecule has 0 saturated carbocycles. The summed E-state index contributed by atoms with van der Waals surface area (Å²) in [5.74, 6) is -0.0620. The lowest BCUT2D eigenvalue weighted by Crippen LogP contribution is -2.26. The van der Waals surface area contributed by atoms with Crippen LogP contribution in [0.4, 0.5) is 0 Å². The summed E-state index contributed by atoms with van der Waals surface area (Å²) in [4.78, 5) is 11.1. The molecule has 3 nitrogen and oxygen atoms in total. The number of nitrogens with one attached hydrogen (secondary N) is 1. The molecule has 0 aliphatic heterocycles. The van der Waals surface area contributed by atoms with Gasteiger partial charge in [0.2, 0.25) is 5.91 Å². The number of carbonyl (C=O) groups excluding carboxylic acids is 1. The Balaban J connectivity index is 2.15. The van der Waals surface area contributed by atoms with E-state index < -0.39 is 0 Å². The second-order valence-corrected chi connectivity index (χ2v) is 3.33. The van der Waals surface area contributed by atoms with Gasteiger partial charge in [-0.05, 0) is 29.3 Å². The van der Waals surface area contributed by atoms with Crippen LogP contribution in [-0.4, -0.2) is 19.1 Å². The van der Waals surface area contributed by atoms with Gasteiger partial charge in [-0.15, -0.1) is 0 Å². The lowest BCUT2D eigenvalue weighted by Gasteiger charge is -2.02.